The molecule has 10 heteroatoms. The molecule has 236 valence electrons. The van der Waals surface area contributed by atoms with Gasteiger partial charge in [-0.3, -0.25) is 4.90 Å². The summed E-state index contributed by atoms with van der Waals surface area (Å²) in [6.07, 6.45) is -0.717. The third-order valence-electron chi connectivity index (χ3n) is 7.10. The van der Waals surface area contributed by atoms with Crippen molar-refractivity contribution in [3.63, 3.8) is 0 Å². The molecule has 1 unspecified atom stereocenters. The highest BCUT2D eigenvalue weighted by Crippen LogP contribution is 2.30. The number of hydrogen-bond acceptors (Lipinski definition) is 5. The molecule has 0 spiro atoms. The molecule has 0 N–H and O–H groups in total. The van der Waals surface area contributed by atoms with E-state index in [1.807, 2.05) is 42.5 Å². The number of alkyl halides is 2. The van der Waals surface area contributed by atoms with Crippen molar-refractivity contribution in [1.29, 1.82) is 0 Å². The molecule has 0 bridgehead atoms. The minimum Gasteiger partial charge on any atom is -0.410 e. The number of piperazine rings is 1. The van der Waals surface area contributed by atoms with Gasteiger partial charge < -0.3 is 19.3 Å². The Hall–Kier alpha value is -3.75. The van der Waals surface area contributed by atoms with Crippen LogP contribution in [0.1, 0.15) is 17.2 Å². The van der Waals surface area contributed by atoms with Crippen molar-refractivity contribution < 1.29 is 19.1 Å². The fraction of sp³-hybridized carbons (Fsp3) is 0.257. The molecule has 2 amide bonds. The Bertz CT molecular complexity index is 1430. The van der Waals surface area contributed by atoms with Crippen molar-refractivity contribution in [2.24, 2.45) is 0 Å². The van der Waals surface area contributed by atoms with E-state index in [1.165, 1.54) is 16.0 Å². The van der Waals surface area contributed by atoms with E-state index in [4.69, 9.17) is 44.3 Å². The second kappa shape index (κ2) is 18.3. The topological polar surface area (TPSA) is 62.3 Å². The standard InChI is InChI=1S/C24H23ClN2O2.C11H13Cl2NO2/c25-21-13-11-20(12-14-21)23(19-7-3-1-4-8-19)26-15-17-27(18-16-26)24(28)29-22-9-5-2-6-10-22;12-6-8-14(9-7-13)11(15)16-10-4-2-1-3-5-10/h1-14,23H,15-18H2;1-5H,6-9H2. The second-order valence-corrected chi connectivity index (χ2v) is 11.3. The van der Waals surface area contributed by atoms with Gasteiger partial charge >= 0.3 is 12.2 Å². The van der Waals surface area contributed by atoms with E-state index in [1.54, 1.807) is 41.3 Å². The highest BCUT2D eigenvalue weighted by atomic mass is 35.5. The molecule has 0 radical (unpaired) electrons. The Morgan fingerprint density at radius 2 is 1.11 bits per heavy atom. The second-order valence-electron chi connectivity index (χ2n) is 10.1. The van der Waals surface area contributed by atoms with Crippen molar-refractivity contribution >= 4 is 47.0 Å². The van der Waals surface area contributed by atoms with Crippen LogP contribution in [0.5, 0.6) is 11.5 Å². The summed E-state index contributed by atoms with van der Waals surface area (Å²) in [5.74, 6) is 1.81. The van der Waals surface area contributed by atoms with Crippen LogP contribution in [0.3, 0.4) is 0 Å². The van der Waals surface area contributed by atoms with Gasteiger partial charge in [0.2, 0.25) is 0 Å². The van der Waals surface area contributed by atoms with Crippen LogP contribution in [-0.2, 0) is 0 Å². The lowest BCUT2D eigenvalue weighted by molar-refractivity contribution is 0.0974. The molecule has 1 aliphatic rings. The number of amides is 2. The molecule has 1 aliphatic heterocycles. The summed E-state index contributed by atoms with van der Waals surface area (Å²) < 4.78 is 10.6. The molecule has 1 fully saturated rings. The normalized spacial score (nSPS) is 13.6. The summed E-state index contributed by atoms with van der Waals surface area (Å²) >= 11 is 17.3. The fourth-order valence-electron chi connectivity index (χ4n) is 4.86. The van der Waals surface area contributed by atoms with Crippen LogP contribution in [0.2, 0.25) is 5.02 Å². The maximum Gasteiger partial charge on any atom is 0.415 e. The maximum atomic E-state index is 12.5. The highest BCUT2D eigenvalue weighted by Gasteiger charge is 2.29. The molecule has 45 heavy (non-hydrogen) atoms. The lowest BCUT2D eigenvalue weighted by Crippen LogP contribution is -2.50. The average molecular weight is 669 g/mol. The Morgan fingerprint density at radius 3 is 1.62 bits per heavy atom. The number of rotatable bonds is 9. The van der Waals surface area contributed by atoms with Crippen LogP contribution in [-0.4, -0.2) is 77.9 Å². The summed E-state index contributed by atoms with van der Waals surface area (Å²) in [6, 6.07) is 36.7. The van der Waals surface area contributed by atoms with Crippen molar-refractivity contribution in [2.45, 2.75) is 6.04 Å². The first-order valence-electron chi connectivity index (χ1n) is 14.7. The van der Waals surface area contributed by atoms with Crippen molar-refractivity contribution in [3.8, 4) is 11.5 Å². The van der Waals surface area contributed by atoms with E-state index >= 15 is 0 Å². The van der Waals surface area contributed by atoms with Gasteiger partial charge in [-0.25, -0.2) is 9.59 Å². The largest absolute Gasteiger partial charge is 0.415 e. The predicted molar refractivity (Wildman–Crippen MR) is 181 cm³/mol. The summed E-state index contributed by atoms with van der Waals surface area (Å²) in [6.45, 7) is 3.66. The van der Waals surface area contributed by atoms with E-state index in [-0.39, 0.29) is 12.1 Å². The molecular formula is C35H36Cl3N3O4. The summed E-state index contributed by atoms with van der Waals surface area (Å²) in [5.41, 5.74) is 2.43. The summed E-state index contributed by atoms with van der Waals surface area (Å²) in [5, 5.41) is 0.731. The molecule has 5 rings (SSSR count). The van der Waals surface area contributed by atoms with Crippen LogP contribution in [0, 0.1) is 0 Å². The SMILES string of the molecule is O=C(Oc1ccccc1)N(CCCl)CCCl.O=C(Oc1ccccc1)N1CCN(C(c2ccccc2)c2ccc(Cl)cc2)CC1. The van der Waals surface area contributed by atoms with E-state index < -0.39 is 6.09 Å². The van der Waals surface area contributed by atoms with Gasteiger partial charge in [0.25, 0.3) is 0 Å². The molecule has 1 atom stereocenters. The molecule has 0 saturated carbocycles. The lowest BCUT2D eigenvalue weighted by atomic mass is 9.96. The zero-order chi connectivity index (χ0) is 31.9. The van der Waals surface area contributed by atoms with E-state index in [9.17, 15) is 9.59 Å². The summed E-state index contributed by atoms with van der Waals surface area (Å²) in [4.78, 5) is 29.8. The molecule has 0 aliphatic carbocycles. The van der Waals surface area contributed by atoms with Gasteiger partial charge in [-0.15, -0.1) is 23.2 Å². The quantitative estimate of drug-likeness (QED) is 0.168. The number of ether oxygens (including phenoxy) is 2. The van der Waals surface area contributed by atoms with Crippen molar-refractivity contribution in [1.82, 2.24) is 14.7 Å². The first-order chi connectivity index (χ1) is 22.0. The third kappa shape index (κ3) is 10.7. The van der Waals surface area contributed by atoms with Gasteiger partial charge in [-0.05, 0) is 47.5 Å². The van der Waals surface area contributed by atoms with Gasteiger partial charge in [-0.1, -0.05) is 90.5 Å². The molecule has 1 heterocycles. The molecule has 4 aromatic rings. The van der Waals surface area contributed by atoms with Gasteiger partial charge in [-0.2, -0.15) is 0 Å². The van der Waals surface area contributed by atoms with E-state index in [0.29, 0.717) is 49.4 Å². The van der Waals surface area contributed by atoms with Crippen LogP contribution in [0.4, 0.5) is 9.59 Å². The minimum absolute atomic E-state index is 0.126. The van der Waals surface area contributed by atoms with Gasteiger partial charge in [0.05, 0.1) is 6.04 Å². The molecule has 1 saturated heterocycles. The average Bonchev–Trinajstić information content (AvgIpc) is 3.08. The third-order valence-corrected chi connectivity index (χ3v) is 7.69. The first kappa shape index (κ1) is 34.1. The Labute approximate surface area is 279 Å². The summed E-state index contributed by atoms with van der Waals surface area (Å²) in [7, 11) is 0. The van der Waals surface area contributed by atoms with Gasteiger partial charge in [0, 0.05) is 56.1 Å². The zero-order valence-electron chi connectivity index (χ0n) is 24.8. The first-order valence-corrected chi connectivity index (χ1v) is 16.1. The predicted octanol–water partition coefficient (Wildman–Crippen LogP) is 8.21. The number of hydrogen-bond donors (Lipinski definition) is 0. The minimum atomic E-state index is -0.424. The Balaban J connectivity index is 0.000000245. The number of carbonyl (C=O) groups is 2. The number of benzene rings is 4. The van der Waals surface area contributed by atoms with Crippen LogP contribution >= 0.6 is 34.8 Å². The Kier molecular flexibility index (Phi) is 13.9. The number of carbonyl (C=O) groups excluding carboxylic acids is 2. The molecule has 7 nitrogen and oxygen atoms in total. The van der Waals surface area contributed by atoms with Gasteiger partial charge in [0.1, 0.15) is 11.5 Å². The zero-order valence-corrected chi connectivity index (χ0v) is 27.1. The number of nitrogens with zero attached hydrogens (tertiary/aromatic N) is 3. The Morgan fingerprint density at radius 1 is 0.644 bits per heavy atom. The lowest BCUT2D eigenvalue weighted by Gasteiger charge is -2.39. The van der Waals surface area contributed by atoms with Crippen molar-refractivity contribution in [2.75, 3.05) is 51.0 Å². The monoisotopic (exact) mass is 667 g/mol. The van der Waals surface area contributed by atoms with Gasteiger partial charge in [0.15, 0.2) is 0 Å². The van der Waals surface area contributed by atoms with Crippen LogP contribution in [0.25, 0.3) is 0 Å². The smallest absolute Gasteiger partial charge is 0.410 e. The van der Waals surface area contributed by atoms with E-state index in [0.717, 1.165) is 18.1 Å². The molecule has 0 aromatic heterocycles. The van der Waals surface area contributed by atoms with Crippen molar-refractivity contribution in [3.05, 3.63) is 131 Å². The van der Waals surface area contributed by atoms with E-state index in [2.05, 4.69) is 41.3 Å². The van der Waals surface area contributed by atoms with Crippen LogP contribution < -0.4 is 9.47 Å². The number of halogens is 3. The molecule has 4 aromatic carbocycles. The number of para-hydroxylation sites is 2. The van der Waals surface area contributed by atoms with Crippen LogP contribution in [0.15, 0.2) is 115 Å². The molecular weight excluding hydrogens is 633 g/mol. The fourth-order valence-corrected chi connectivity index (χ4v) is 5.40. The maximum absolute atomic E-state index is 12.5. The highest BCUT2D eigenvalue weighted by molar-refractivity contribution is 6.30.